The van der Waals surface area contributed by atoms with Gasteiger partial charge in [-0.3, -0.25) is 19.2 Å². The molecule has 3 N–H and O–H groups in total. The molecular weight excluding hydrogens is 502 g/mol. The summed E-state index contributed by atoms with van der Waals surface area (Å²) in [7, 11) is 3.65. The van der Waals surface area contributed by atoms with E-state index in [0.29, 0.717) is 54.0 Å². The Hall–Kier alpha value is -3.73. The lowest BCUT2D eigenvalue weighted by Gasteiger charge is -2.29. The summed E-state index contributed by atoms with van der Waals surface area (Å²) in [6.07, 6.45) is 0.670. The van der Waals surface area contributed by atoms with Gasteiger partial charge in [0.25, 0.3) is 5.91 Å². The number of ketones is 1. The zero-order valence-corrected chi connectivity index (χ0v) is 23.4. The lowest BCUT2D eigenvalue weighted by atomic mass is 9.75. The molecule has 39 heavy (non-hydrogen) atoms. The Morgan fingerprint density at radius 2 is 1.97 bits per heavy atom. The van der Waals surface area contributed by atoms with Gasteiger partial charge in [0.05, 0.1) is 40.7 Å². The number of hydrogen-bond donors (Lipinski definition) is 2. The summed E-state index contributed by atoms with van der Waals surface area (Å²) in [5, 5.41) is 7.94. The molecule has 1 amide bonds. The van der Waals surface area contributed by atoms with Gasteiger partial charge in [0, 0.05) is 32.0 Å². The third-order valence-electron chi connectivity index (χ3n) is 6.88. The average molecular weight is 540 g/mol. The molecule has 4 rings (SSSR count). The van der Waals surface area contributed by atoms with Crippen molar-refractivity contribution in [1.82, 2.24) is 14.7 Å². The molecule has 0 radical (unpaired) electrons. The van der Waals surface area contributed by atoms with Crippen LogP contribution in [-0.4, -0.2) is 77.2 Å². The minimum atomic E-state index is -0.603. The lowest BCUT2D eigenvalue weighted by molar-refractivity contribution is -0.154. The van der Waals surface area contributed by atoms with Gasteiger partial charge in [-0.2, -0.15) is 5.10 Å². The Morgan fingerprint density at radius 3 is 2.62 bits per heavy atom. The normalized spacial score (nSPS) is 20.2. The fourth-order valence-electron chi connectivity index (χ4n) is 5.19. The molecule has 1 saturated carbocycles. The molecular formula is C28H37N5O6. The molecule has 3 unspecified atom stereocenters. The largest absolute Gasteiger partial charge is 0.461 e. The predicted octanol–water partition coefficient (Wildman–Crippen LogP) is 2.41. The molecule has 0 bridgehead atoms. The summed E-state index contributed by atoms with van der Waals surface area (Å²) >= 11 is 0. The first kappa shape index (κ1) is 28.3. The Morgan fingerprint density at radius 1 is 1.26 bits per heavy atom. The first-order chi connectivity index (χ1) is 18.2. The number of nitrogens with one attached hydrogen (secondary N) is 1. The Bertz CT molecular complexity index is 1310. The van der Waals surface area contributed by atoms with Crippen LogP contribution in [0.1, 0.15) is 72.1 Å². The van der Waals surface area contributed by atoms with Gasteiger partial charge in [-0.1, -0.05) is 13.8 Å². The van der Waals surface area contributed by atoms with Crippen LogP contribution in [0.3, 0.4) is 0 Å². The number of nitrogens with two attached hydrogens (primary N) is 1. The molecule has 11 heteroatoms. The van der Waals surface area contributed by atoms with Gasteiger partial charge in [-0.25, -0.2) is 4.68 Å². The summed E-state index contributed by atoms with van der Waals surface area (Å²) in [5.41, 5.74) is 9.14. The van der Waals surface area contributed by atoms with Crippen LogP contribution >= 0.6 is 0 Å². The second kappa shape index (κ2) is 10.8. The SMILES string of the molecule is CC(=O)OC(CC(=O)OC1CC1Nc1cc(-n2nc(C)c3c2CC(C)(C)CC3=O)ccc1C(N)=O)CN(C)C. The number of hydrogen-bond acceptors (Lipinski definition) is 9. The maximum Gasteiger partial charge on any atom is 0.309 e. The number of anilines is 1. The Labute approximate surface area is 228 Å². The summed E-state index contributed by atoms with van der Waals surface area (Å²) in [6, 6.07) is 4.96. The number of carbonyl (C=O) groups is 4. The average Bonchev–Trinajstić information content (AvgIpc) is 3.41. The zero-order valence-electron chi connectivity index (χ0n) is 23.4. The fraction of sp³-hybridized carbons (Fsp3) is 0.536. The van der Waals surface area contributed by atoms with E-state index in [2.05, 4.69) is 24.3 Å². The van der Waals surface area contributed by atoms with E-state index in [1.54, 1.807) is 22.9 Å². The molecule has 0 saturated heterocycles. The second-order valence-electron chi connectivity index (χ2n) is 11.6. The van der Waals surface area contributed by atoms with E-state index >= 15 is 0 Å². The number of fused-ring (bicyclic) bond motifs is 1. The van der Waals surface area contributed by atoms with E-state index < -0.39 is 30.1 Å². The number of amides is 1. The molecule has 0 aliphatic heterocycles. The number of Topliss-reactive ketones (excluding diaryl/α,β-unsaturated/α-hetero) is 1. The lowest BCUT2D eigenvalue weighted by Crippen LogP contribution is -2.32. The maximum absolute atomic E-state index is 12.8. The molecule has 1 heterocycles. The minimum absolute atomic E-state index is 0.0537. The van der Waals surface area contributed by atoms with Crippen LogP contribution in [0.2, 0.25) is 0 Å². The van der Waals surface area contributed by atoms with Crippen LogP contribution in [0.25, 0.3) is 5.69 Å². The van der Waals surface area contributed by atoms with Gasteiger partial charge < -0.3 is 25.4 Å². The number of ether oxygens (including phenoxy) is 2. The fourth-order valence-corrected chi connectivity index (χ4v) is 5.19. The third-order valence-corrected chi connectivity index (χ3v) is 6.88. The smallest absolute Gasteiger partial charge is 0.309 e. The number of nitrogens with zero attached hydrogens (tertiary/aromatic N) is 3. The Balaban J connectivity index is 1.50. The highest BCUT2D eigenvalue weighted by Crippen LogP contribution is 2.38. The van der Waals surface area contributed by atoms with Gasteiger partial charge in [0.1, 0.15) is 12.2 Å². The van der Waals surface area contributed by atoms with Crippen molar-refractivity contribution in [3.8, 4) is 5.69 Å². The van der Waals surface area contributed by atoms with Crippen molar-refractivity contribution in [2.75, 3.05) is 26.0 Å². The van der Waals surface area contributed by atoms with Crippen molar-refractivity contribution in [1.29, 1.82) is 0 Å². The van der Waals surface area contributed by atoms with Crippen LogP contribution in [0.4, 0.5) is 5.69 Å². The second-order valence-corrected chi connectivity index (χ2v) is 11.6. The van der Waals surface area contributed by atoms with Crippen LogP contribution in [0.5, 0.6) is 0 Å². The summed E-state index contributed by atoms with van der Waals surface area (Å²) in [4.78, 5) is 50.8. The number of primary amides is 1. The van der Waals surface area contributed by atoms with Crippen molar-refractivity contribution in [3.05, 3.63) is 40.7 Å². The van der Waals surface area contributed by atoms with Gasteiger partial charge >= 0.3 is 11.9 Å². The minimum Gasteiger partial charge on any atom is -0.461 e. The molecule has 3 atom stereocenters. The van der Waals surface area contributed by atoms with Gasteiger partial charge in [-0.05, 0) is 51.1 Å². The Kier molecular flexibility index (Phi) is 7.83. The molecule has 1 aromatic heterocycles. The number of rotatable bonds is 10. The predicted molar refractivity (Wildman–Crippen MR) is 144 cm³/mol. The van der Waals surface area contributed by atoms with E-state index in [0.717, 1.165) is 5.69 Å². The van der Waals surface area contributed by atoms with Gasteiger partial charge in [-0.15, -0.1) is 0 Å². The van der Waals surface area contributed by atoms with Crippen molar-refractivity contribution >= 4 is 29.3 Å². The first-order valence-corrected chi connectivity index (χ1v) is 13.1. The standard InChI is InChI=1S/C28H37N5O6/c1-15-26-22(12-28(3,4)13-23(26)35)33(31-15)17-7-8-19(27(29)37)20(9-17)30-21-11-24(21)39-25(36)10-18(14-32(5)6)38-16(2)34/h7-9,18,21,24,30H,10-14H2,1-6H3,(H2,29,37). The van der Waals surface area contributed by atoms with E-state index in [1.807, 2.05) is 25.9 Å². The highest BCUT2D eigenvalue weighted by molar-refractivity contribution is 6.00. The molecule has 1 aromatic carbocycles. The van der Waals surface area contributed by atoms with Crippen LogP contribution in [-0.2, 0) is 25.5 Å². The number of aryl methyl sites for hydroxylation is 1. The molecule has 2 aliphatic carbocycles. The van der Waals surface area contributed by atoms with E-state index in [9.17, 15) is 19.2 Å². The third kappa shape index (κ3) is 6.65. The van der Waals surface area contributed by atoms with E-state index in [4.69, 9.17) is 15.2 Å². The van der Waals surface area contributed by atoms with Crippen LogP contribution < -0.4 is 11.1 Å². The maximum atomic E-state index is 12.8. The van der Waals surface area contributed by atoms with E-state index in [-0.39, 0.29) is 23.7 Å². The molecule has 0 spiro atoms. The zero-order chi connectivity index (χ0) is 28.6. The van der Waals surface area contributed by atoms with Crippen molar-refractivity contribution in [3.63, 3.8) is 0 Å². The first-order valence-electron chi connectivity index (χ1n) is 13.1. The molecule has 11 nitrogen and oxygen atoms in total. The van der Waals surface area contributed by atoms with Crippen LogP contribution in [0.15, 0.2) is 18.2 Å². The van der Waals surface area contributed by atoms with Crippen molar-refractivity contribution < 1.29 is 28.7 Å². The highest BCUT2D eigenvalue weighted by atomic mass is 16.6. The molecule has 2 aliphatic rings. The molecule has 210 valence electrons. The van der Waals surface area contributed by atoms with Crippen molar-refractivity contribution in [2.45, 2.75) is 71.6 Å². The number of aromatic nitrogens is 2. The van der Waals surface area contributed by atoms with Crippen molar-refractivity contribution in [2.24, 2.45) is 11.1 Å². The number of esters is 2. The van der Waals surface area contributed by atoms with Gasteiger partial charge in [0.2, 0.25) is 0 Å². The summed E-state index contributed by atoms with van der Waals surface area (Å²) in [6.45, 7) is 7.66. The number of carbonyl (C=O) groups excluding carboxylic acids is 4. The highest BCUT2D eigenvalue weighted by Gasteiger charge is 2.42. The van der Waals surface area contributed by atoms with Crippen LogP contribution in [0, 0.1) is 12.3 Å². The number of likely N-dealkylation sites (N-methyl/N-ethyl adjacent to an activating group) is 1. The number of benzene rings is 1. The van der Waals surface area contributed by atoms with Gasteiger partial charge in [0.15, 0.2) is 5.78 Å². The summed E-state index contributed by atoms with van der Waals surface area (Å²) < 4.78 is 12.6. The summed E-state index contributed by atoms with van der Waals surface area (Å²) in [5.74, 6) is -1.43. The quantitative estimate of drug-likeness (QED) is 0.435. The topological polar surface area (TPSA) is 146 Å². The molecule has 2 aromatic rings. The molecule has 1 fully saturated rings. The van der Waals surface area contributed by atoms with E-state index in [1.165, 1.54) is 6.92 Å². The monoisotopic (exact) mass is 539 g/mol.